The molecule has 3 rings (SSSR count). The first-order chi connectivity index (χ1) is 8.49. The molecule has 1 aromatic carbocycles. The molecule has 0 unspecified atom stereocenters. The van der Waals surface area contributed by atoms with Crippen molar-refractivity contribution in [1.82, 2.24) is 5.32 Å². The van der Waals surface area contributed by atoms with Crippen LogP contribution >= 0.6 is 0 Å². The molecule has 2 aliphatic rings. The highest BCUT2D eigenvalue weighted by Crippen LogP contribution is 2.55. The normalized spacial score (nSPS) is 24.6. The van der Waals surface area contributed by atoms with Crippen LogP contribution in [0, 0.1) is 11.2 Å². The Balaban J connectivity index is 1.78. The molecule has 98 valence electrons. The van der Waals surface area contributed by atoms with Gasteiger partial charge in [0.05, 0.1) is 0 Å². The van der Waals surface area contributed by atoms with Crippen molar-refractivity contribution < 1.29 is 4.39 Å². The molecule has 2 saturated carbocycles. The third-order valence-corrected chi connectivity index (χ3v) is 4.40. The van der Waals surface area contributed by atoms with Crippen LogP contribution in [0.3, 0.4) is 0 Å². The molecule has 0 amide bonds. The van der Waals surface area contributed by atoms with E-state index in [1.807, 2.05) is 12.1 Å². The molecule has 0 bridgehead atoms. The van der Waals surface area contributed by atoms with E-state index in [4.69, 9.17) is 0 Å². The standard InChI is InChI=1S/C16H22FN/c1-15(2)9-16(10-15,11-18-14-7-8-14)12-3-5-13(17)6-4-12/h3-6,14,18H,7-11H2,1-2H3. The fourth-order valence-electron chi connectivity index (χ4n) is 3.64. The van der Waals surface area contributed by atoms with Crippen molar-refractivity contribution in [3.8, 4) is 0 Å². The lowest BCUT2D eigenvalue weighted by atomic mass is 9.52. The van der Waals surface area contributed by atoms with Crippen LogP contribution in [0.4, 0.5) is 4.39 Å². The van der Waals surface area contributed by atoms with Crippen LogP contribution in [0.15, 0.2) is 24.3 Å². The summed E-state index contributed by atoms with van der Waals surface area (Å²) in [6, 6.07) is 7.88. The molecule has 0 heterocycles. The van der Waals surface area contributed by atoms with Gasteiger partial charge in [0.25, 0.3) is 0 Å². The van der Waals surface area contributed by atoms with Crippen LogP contribution in [-0.2, 0) is 5.41 Å². The summed E-state index contributed by atoms with van der Waals surface area (Å²) in [4.78, 5) is 0. The van der Waals surface area contributed by atoms with Gasteiger partial charge in [0, 0.05) is 18.0 Å². The van der Waals surface area contributed by atoms with Gasteiger partial charge < -0.3 is 5.32 Å². The predicted molar refractivity (Wildman–Crippen MR) is 72.1 cm³/mol. The number of nitrogens with one attached hydrogen (secondary N) is 1. The van der Waals surface area contributed by atoms with Crippen molar-refractivity contribution in [1.29, 1.82) is 0 Å². The van der Waals surface area contributed by atoms with Gasteiger partial charge in [-0.3, -0.25) is 0 Å². The van der Waals surface area contributed by atoms with Gasteiger partial charge in [0.2, 0.25) is 0 Å². The van der Waals surface area contributed by atoms with E-state index in [0.29, 0.717) is 5.41 Å². The zero-order valence-corrected chi connectivity index (χ0v) is 11.3. The fourth-order valence-corrected chi connectivity index (χ4v) is 3.64. The van der Waals surface area contributed by atoms with E-state index in [-0.39, 0.29) is 11.2 Å². The first-order valence-corrected chi connectivity index (χ1v) is 6.99. The van der Waals surface area contributed by atoms with Gasteiger partial charge in [-0.2, -0.15) is 0 Å². The van der Waals surface area contributed by atoms with Crippen molar-refractivity contribution in [3.63, 3.8) is 0 Å². The number of hydrogen-bond donors (Lipinski definition) is 1. The molecule has 0 aliphatic heterocycles. The maximum absolute atomic E-state index is 13.1. The summed E-state index contributed by atoms with van der Waals surface area (Å²) in [6.45, 7) is 5.70. The SMILES string of the molecule is CC1(C)CC(CNC2CC2)(c2ccc(F)cc2)C1. The van der Waals surface area contributed by atoms with Gasteiger partial charge >= 0.3 is 0 Å². The van der Waals surface area contributed by atoms with E-state index in [9.17, 15) is 4.39 Å². The first kappa shape index (κ1) is 12.2. The maximum atomic E-state index is 13.1. The van der Waals surface area contributed by atoms with Crippen molar-refractivity contribution in [2.45, 2.75) is 51.0 Å². The van der Waals surface area contributed by atoms with Gasteiger partial charge in [-0.05, 0) is 48.8 Å². The summed E-state index contributed by atoms with van der Waals surface area (Å²) < 4.78 is 13.1. The van der Waals surface area contributed by atoms with E-state index in [2.05, 4.69) is 19.2 Å². The molecule has 2 heteroatoms. The van der Waals surface area contributed by atoms with Crippen LogP contribution in [0.5, 0.6) is 0 Å². The summed E-state index contributed by atoms with van der Waals surface area (Å²) in [5, 5.41) is 3.66. The summed E-state index contributed by atoms with van der Waals surface area (Å²) >= 11 is 0. The third kappa shape index (κ3) is 2.31. The minimum Gasteiger partial charge on any atom is -0.313 e. The van der Waals surface area contributed by atoms with Crippen molar-refractivity contribution >= 4 is 0 Å². The van der Waals surface area contributed by atoms with Crippen molar-refractivity contribution in [2.75, 3.05) is 6.54 Å². The number of rotatable bonds is 4. The summed E-state index contributed by atoms with van der Waals surface area (Å²) in [5.74, 6) is -0.136. The Kier molecular flexibility index (Phi) is 2.74. The molecular weight excluding hydrogens is 225 g/mol. The van der Waals surface area contributed by atoms with Gasteiger partial charge in [-0.15, -0.1) is 0 Å². The second-order valence-corrected chi connectivity index (χ2v) is 6.96. The number of hydrogen-bond acceptors (Lipinski definition) is 1. The Morgan fingerprint density at radius 2 is 1.78 bits per heavy atom. The Morgan fingerprint density at radius 3 is 2.28 bits per heavy atom. The molecule has 0 saturated heterocycles. The fraction of sp³-hybridized carbons (Fsp3) is 0.625. The van der Waals surface area contributed by atoms with E-state index < -0.39 is 0 Å². The Bertz CT molecular complexity index is 423. The average Bonchev–Trinajstić information content (AvgIpc) is 3.08. The van der Waals surface area contributed by atoms with E-state index in [1.165, 1.54) is 31.2 Å². The van der Waals surface area contributed by atoms with E-state index >= 15 is 0 Å². The van der Waals surface area contributed by atoms with Crippen LogP contribution in [0.25, 0.3) is 0 Å². The Labute approximate surface area is 109 Å². The largest absolute Gasteiger partial charge is 0.313 e. The van der Waals surface area contributed by atoms with Crippen LogP contribution < -0.4 is 5.32 Å². The molecule has 1 N–H and O–H groups in total. The van der Waals surface area contributed by atoms with E-state index in [1.54, 1.807) is 12.1 Å². The monoisotopic (exact) mass is 247 g/mol. The molecule has 1 nitrogen and oxygen atoms in total. The third-order valence-electron chi connectivity index (χ3n) is 4.40. The Hall–Kier alpha value is -0.890. The van der Waals surface area contributed by atoms with Crippen LogP contribution in [0.1, 0.15) is 45.1 Å². The van der Waals surface area contributed by atoms with Gasteiger partial charge in [0.15, 0.2) is 0 Å². The molecular formula is C16H22FN. The molecule has 2 aliphatic carbocycles. The minimum absolute atomic E-state index is 0.136. The smallest absolute Gasteiger partial charge is 0.123 e. The molecule has 18 heavy (non-hydrogen) atoms. The quantitative estimate of drug-likeness (QED) is 0.856. The zero-order valence-electron chi connectivity index (χ0n) is 11.3. The molecule has 2 fully saturated rings. The minimum atomic E-state index is -0.136. The number of benzene rings is 1. The van der Waals surface area contributed by atoms with Crippen LogP contribution in [0.2, 0.25) is 0 Å². The molecule has 0 aromatic heterocycles. The highest BCUT2D eigenvalue weighted by molar-refractivity contribution is 5.31. The number of halogens is 1. The highest BCUT2D eigenvalue weighted by atomic mass is 19.1. The van der Waals surface area contributed by atoms with Gasteiger partial charge in [-0.1, -0.05) is 26.0 Å². The van der Waals surface area contributed by atoms with Gasteiger partial charge in [0.1, 0.15) is 5.82 Å². The molecule has 0 radical (unpaired) electrons. The molecule has 0 atom stereocenters. The van der Waals surface area contributed by atoms with Crippen LogP contribution in [-0.4, -0.2) is 12.6 Å². The zero-order chi connectivity index (χ0) is 12.8. The summed E-state index contributed by atoms with van der Waals surface area (Å²) in [5.41, 5.74) is 1.97. The lowest BCUT2D eigenvalue weighted by molar-refractivity contribution is 0.0559. The average molecular weight is 247 g/mol. The topological polar surface area (TPSA) is 12.0 Å². The van der Waals surface area contributed by atoms with Crippen molar-refractivity contribution in [3.05, 3.63) is 35.6 Å². The maximum Gasteiger partial charge on any atom is 0.123 e. The van der Waals surface area contributed by atoms with Crippen molar-refractivity contribution in [2.24, 2.45) is 5.41 Å². The Morgan fingerprint density at radius 1 is 1.17 bits per heavy atom. The first-order valence-electron chi connectivity index (χ1n) is 6.99. The second-order valence-electron chi connectivity index (χ2n) is 6.96. The molecule has 1 aromatic rings. The van der Waals surface area contributed by atoms with E-state index in [0.717, 1.165) is 12.6 Å². The summed E-state index contributed by atoms with van der Waals surface area (Å²) in [7, 11) is 0. The predicted octanol–water partition coefficient (Wildman–Crippen LogP) is 3.64. The second kappa shape index (κ2) is 4.06. The highest BCUT2D eigenvalue weighted by Gasteiger charge is 2.50. The van der Waals surface area contributed by atoms with Gasteiger partial charge in [-0.25, -0.2) is 4.39 Å². The lowest BCUT2D eigenvalue weighted by Gasteiger charge is -2.54. The molecule has 0 spiro atoms. The summed E-state index contributed by atoms with van der Waals surface area (Å²) in [6.07, 6.45) is 5.04. The lowest BCUT2D eigenvalue weighted by Crippen LogP contribution is -2.52.